The lowest BCUT2D eigenvalue weighted by Crippen LogP contribution is -1.92. The van der Waals surface area contributed by atoms with Crippen LogP contribution in [0.25, 0.3) is 0 Å². The Morgan fingerprint density at radius 1 is 0.625 bits per heavy atom. The summed E-state index contributed by atoms with van der Waals surface area (Å²) < 4.78 is 14.9. The molecule has 0 bridgehead atoms. The number of phosphoric ester groups is 1. The molecule has 0 aliphatic heterocycles. The van der Waals surface area contributed by atoms with Crippen LogP contribution in [0.15, 0.2) is 0 Å². The summed E-state index contributed by atoms with van der Waals surface area (Å²) in [6.45, 7) is 2.43. The predicted octanol–water partition coefficient (Wildman–Crippen LogP) is 5.53. The van der Waals surface area contributed by atoms with E-state index in [0.29, 0.717) is 0 Å². The van der Waals surface area contributed by atoms with E-state index in [1.807, 2.05) is 0 Å². The van der Waals surface area contributed by atoms with E-state index in [-0.39, 0.29) is 12.1 Å². The third kappa shape index (κ3) is 24.3. The van der Waals surface area contributed by atoms with Gasteiger partial charge in [0.15, 0.2) is 0 Å². The molecule has 0 aliphatic rings. The monoisotopic (exact) mass is 368 g/mol. The second-order valence-electron chi connectivity index (χ2n) is 6.63. The number of hydrogen-bond donors (Lipinski definition) is 2. The minimum absolute atomic E-state index is 0. The topological polar surface area (TPSA) is 98.3 Å². The van der Waals surface area contributed by atoms with Crippen molar-refractivity contribution in [1.29, 1.82) is 0 Å². The summed E-state index contributed by atoms with van der Waals surface area (Å²) in [5.74, 6) is 0. The van der Waals surface area contributed by atoms with Crippen molar-refractivity contribution < 1.29 is 24.4 Å². The molecular formula is C18H41O5P. The molecule has 6 heteroatoms. The molecule has 0 rings (SSSR count). The molecular weight excluding hydrogens is 327 g/mol. The average Bonchev–Trinajstić information content (AvgIpc) is 2.49. The van der Waals surface area contributed by atoms with E-state index in [1.54, 1.807) is 0 Å². The van der Waals surface area contributed by atoms with Gasteiger partial charge in [0.25, 0.3) is 0 Å². The van der Waals surface area contributed by atoms with Crippen LogP contribution in [-0.2, 0) is 9.09 Å². The van der Waals surface area contributed by atoms with Crippen LogP contribution in [0.1, 0.15) is 110 Å². The summed E-state index contributed by atoms with van der Waals surface area (Å²) >= 11 is 0. The standard InChI is InChI=1S/C18H39O4P.H2O/c1-2-3-4-5-6-7-8-9-10-11-12-13-14-15-16-17-18-22-23(19,20)21;/h2-18H2,1H3,(H2,19,20,21);1H2. The van der Waals surface area contributed by atoms with Crippen LogP contribution >= 0.6 is 7.82 Å². The quantitative estimate of drug-likeness (QED) is 0.245. The van der Waals surface area contributed by atoms with Gasteiger partial charge in [-0.15, -0.1) is 0 Å². The van der Waals surface area contributed by atoms with Crippen molar-refractivity contribution in [3.63, 3.8) is 0 Å². The lowest BCUT2D eigenvalue weighted by molar-refractivity contribution is 0.193. The zero-order valence-electron chi connectivity index (χ0n) is 15.7. The Labute approximate surface area is 149 Å². The zero-order valence-corrected chi connectivity index (χ0v) is 16.6. The van der Waals surface area contributed by atoms with Gasteiger partial charge in [-0.25, -0.2) is 4.57 Å². The SMILES string of the molecule is CCCCCCCCCCCCCCCCCCOP(=O)(O)O.O. The Morgan fingerprint density at radius 2 is 0.917 bits per heavy atom. The number of phosphoric acid groups is 1. The molecule has 0 spiro atoms. The minimum Gasteiger partial charge on any atom is -0.412 e. The van der Waals surface area contributed by atoms with Crippen LogP contribution < -0.4 is 0 Å². The van der Waals surface area contributed by atoms with Crippen LogP contribution in [0.3, 0.4) is 0 Å². The first-order chi connectivity index (χ1) is 11.1. The van der Waals surface area contributed by atoms with E-state index in [1.165, 1.54) is 83.5 Å². The molecule has 0 amide bonds. The van der Waals surface area contributed by atoms with E-state index in [2.05, 4.69) is 11.4 Å². The maximum absolute atomic E-state index is 10.5. The fraction of sp³-hybridized carbons (Fsp3) is 1.00. The summed E-state index contributed by atoms with van der Waals surface area (Å²) in [6, 6.07) is 0. The highest BCUT2D eigenvalue weighted by molar-refractivity contribution is 7.46. The van der Waals surface area contributed by atoms with Crippen molar-refractivity contribution in [2.24, 2.45) is 0 Å². The lowest BCUT2D eigenvalue weighted by Gasteiger charge is -2.05. The third-order valence-electron chi connectivity index (χ3n) is 4.26. The van der Waals surface area contributed by atoms with Crippen molar-refractivity contribution in [2.75, 3.05) is 6.61 Å². The van der Waals surface area contributed by atoms with Gasteiger partial charge in [-0.1, -0.05) is 103 Å². The van der Waals surface area contributed by atoms with Crippen molar-refractivity contribution in [3.05, 3.63) is 0 Å². The Morgan fingerprint density at radius 3 is 1.21 bits per heavy atom. The Hall–Kier alpha value is 0.0700. The highest BCUT2D eigenvalue weighted by atomic mass is 31.2. The molecule has 148 valence electrons. The summed E-state index contributed by atoms with van der Waals surface area (Å²) in [5.41, 5.74) is 0. The van der Waals surface area contributed by atoms with Crippen molar-refractivity contribution >= 4 is 7.82 Å². The molecule has 0 saturated heterocycles. The summed E-state index contributed by atoms with van der Waals surface area (Å²) in [6.07, 6.45) is 20.7. The third-order valence-corrected chi connectivity index (χ3v) is 4.78. The summed E-state index contributed by atoms with van der Waals surface area (Å²) in [4.78, 5) is 17.1. The molecule has 0 aromatic rings. The van der Waals surface area contributed by atoms with Gasteiger partial charge in [-0.2, -0.15) is 0 Å². The van der Waals surface area contributed by atoms with Crippen LogP contribution in [0.5, 0.6) is 0 Å². The van der Waals surface area contributed by atoms with Gasteiger partial charge >= 0.3 is 7.82 Å². The molecule has 5 nitrogen and oxygen atoms in total. The van der Waals surface area contributed by atoms with E-state index in [4.69, 9.17) is 9.79 Å². The fourth-order valence-corrected chi connectivity index (χ4v) is 3.20. The van der Waals surface area contributed by atoms with E-state index in [9.17, 15) is 4.57 Å². The Bertz CT molecular complexity index is 281. The largest absolute Gasteiger partial charge is 0.469 e. The van der Waals surface area contributed by atoms with Crippen LogP contribution in [0, 0.1) is 0 Å². The summed E-state index contributed by atoms with van der Waals surface area (Å²) in [5, 5.41) is 0. The lowest BCUT2D eigenvalue weighted by atomic mass is 10.0. The first-order valence-corrected chi connectivity index (χ1v) is 11.3. The van der Waals surface area contributed by atoms with E-state index < -0.39 is 7.82 Å². The zero-order chi connectivity index (χ0) is 17.2. The van der Waals surface area contributed by atoms with Crippen LogP contribution in [-0.4, -0.2) is 21.9 Å². The van der Waals surface area contributed by atoms with E-state index in [0.717, 1.165) is 19.3 Å². The van der Waals surface area contributed by atoms with Crippen molar-refractivity contribution in [3.8, 4) is 0 Å². The van der Waals surface area contributed by atoms with Crippen molar-refractivity contribution in [1.82, 2.24) is 0 Å². The highest BCUT2D eigenvalue weighted by Crippen LogP contribution is 2.35. The maximum atomic E-state index is 10.5. The molecule has 24 heavy (non-hydrogen) atoms. The van der Waals surface area contributed by atoms with Gasteiger partial charge in [0.1, 0.15) is 0 Å². The summed E-state index contributed by atoms with van der Waals surface area (Å²) in [7, 11) is -4.26. The molecule has 0 atom stereocenters. The normalized spacial score (nSPS) is 11.5. The first kappa shape index (κ1) is 26.3. The Balaban J connectivity index is 0. The van der Waals surface area contributed by atoms with Gasteiger partial charge in [0.2, 0.25) is 0 Å². The number of hydrogen-bond acceptors (Lipinski definition) is 2. The molecule has 0 aliphatic carbocycles. The predicted molar refractivity (Wildman–Crippen MR) is 101 cm³/mol. The minimum atomic E-state index is -4.26. The average molecular weight is 368 g/mol. The number of rotatable bonds is 18. The molecule has 0 fully saturated rings. The number of unbranched alkanes of at least 4 members (excludes halogenated alkanes) is 15. The molecule has 0 aromatic heterocycles. The molecule has 0 saturated carbocycles. The molecule has 0 unspecified atom stereocenters. The Kier molecular flexibility index (Phi) is 21.3. The molecule has 0 heterocycles. The smallest absolute Gasteiger partial charge is 0.412 e. The van der Waals surface area contributed by atoms with Gasteiger partial charge in [0, 0.05) is 0 Å². The van der Waals surface area contributed by atoms with Crippen LogP contribution in [0.4, 0.5) is 0 Å². The van der Waals surface area contributed by atoms with Gasteiger partial charge in [-0.05, 0) is 6.42 Å². The van der Waals surface area contributed by atoms with Gasteiger partial charge in [0.05, 0.1) is 6.61 Å². The second kappa shape index (κ2) is 19.4. The fourth-order valence-electron chi connectivity index (χ4n) is 2.83. The van der Waals surface area contributed by atoms with E-state index >= 15 is 0 Å². The first-order valence-electron chi connectivity index (χ1n) is 9.76. The van der Waals surface area contributed by atoms with Crippen molar-refractivity contribution in [2.45, 2.75) is 110 Å². The van der Waals surface area contributed by atoms with Gasteiger partial charge in [-0.3, -0.25) is 4.52 Å². The van der Waals surface area contributed by atoms with Gasteiger partial charge < -0.3 is 15.3 Å². The molecule has 0 aromatic carbocycles. The van der Waals surface area contributed by atoms with Crippen LogP contribution in [0.2, 0.25) is 0 Å². The maximum Gasteiger partial charge on any atom is 0.469 e. The highest BCUT2D eigenvalue weighted by Gasteiger charge is 2.12. The second-order valence-corrected chi connectivity index (χ2v) is 7.87. The molecule has 0 radical (unpaired) electrons. The molecule has 4 N–H and O–H groups in total.